The van der Waals surface area contributed by atoms with Gasteiger partial charge in [-0.15, -0.1) is 0 Å². The predicted molar refractivity (Wildman–Crippen MR) is 80.3 cm³/mol. The van der Waals surface area contributed by atoms with Crippen molar-refractivity contribution in [3.63, 3.8) is 0 Å². The number of carbonyl (C=O) groups excluding carboxylic acids is 1. The van der Waals surface area contributed by atoms with Crippen LogP contribution in [0.5, 0.6) is 0 Å². The van der Waals surface area contributed by atoms with Crippen LogP contribution in [0.25, 0.3) is 0 Å². The summed E-state index contributed by atoms with van der Waals surface area (Å²) in [5.74, 6) is 0.0812. The summed E-state index contributed by atoms with van der Waals surface area (Å²) in [6, 6.07) is 8.18. The van der Waals surface area contributed by atoms with Crippen LogP contribution in [-0.2, 0) is 11.3 Å². The molecular formula is C15H25N3O. The first-order valence-corrected chi connectivity index (χ1v) is 6.82. The third-order valence-electron chi connectivity index (χ3n) is 3.23. The highest BCUT2D eigenvalue weighted by Gasteiger charge is 2.08. The fourth-order valence-electron chi connectivity index (χ4n) is 1.85. The summed E-state index contributed by atoms with van der Waals surface area (Å²) >= 11 is 0. The molecule has 0 aliphatic carbocycles. The van der Waals surface area contributed by atoms with Crippen LogP contribution in [0.2, 0.25) is 0 Å². The summed E-state index contributed by atoms with van der Waals surface area (Å²) in [5.41, 5.74) is 2.28. The number of hydrogen-bond donors (Lipinski definition) is 1. The van der Waals surface area contributed by atoms with Crippen molar-refractivity contribution >= 4 is 11.6 Å². The second-order valence-electron chi connectivity index (χ2n) is 4.76. The molecule has 0 saturated heterocycles. The molecule has 0 bridgehead atoms. The van der Waals surface area contributed by atoms with Crippen molar-refractivity contribution in [2.45, 2.75) is 20.4 Å². The first kappa shape index (κ1) is 15.5. The Balaban J connectivity index is 2.70. The van der Waals surface area contributed by atoms with E-state index in [-0.39, 0.29) is 5.91 Å². The van der Waals surface area contributed by atoms with E-state index in [1.165, 1.54) is 5.56 Å². The maximum Gasteiger partial charge on any atom is 0.241 e. The number of likely N-dealkylation sites (N-methyl/N-ethyl adjacent to an activating group) is 1. The highest BCUT2D eigenvalue weighted by molar-refractivity contribution is 5.80. The molecule has 1 aromatic rings. The van der Waals surface area contributed by atoms with Crippen LogP contribution in [0.1, 0.15) is 19.4 Å². The van der Waals surface area contributed by atoms with Crippen LogP contribution in [0.4, 0.5) is 5.69 Å². The van der Waals surface area contributed by atoms with E-state index in [4.69, 9.17) is 0 Å². The normalized spacial score (nSPS) is 10.6. The summed E-state index contributed by atoms with van der Waals surface area (Å²) in [7, 11) is 3.54. The maximum absolute atomic E-state index is 11.6. The second kappa shape index (κ2) is 7.79. The number of amides is 1. The zero-order chi connectivity index (χ0) is 14.3. The molecule has 4 nitrogen and oxygen atoms in total. The van der Waals surface area contributed by atoms with E-state index in [1.54, 1.807) is 19.0 Å². The van der Waals surface area contributed by atoms with Gasteiger partial charge in [0.25, 0.3) is 0 Å². The van der Waals surface area contributed by atoms with Crippen LogP contribution in [-0.4, -0.2) is 49.4 Å². The summed E-state index contributed by atoms with van der Waals surface area (Å²) < 4.78 is 0. The van der Waals surface area contributed by atoms with Gasteiger partial charge in [-0.1, -0.05) is 32.0 Å². The lowest BCUT2D eigenvalue weighted by atomic mass is 10.1. The van der Waals surface area contributed by atoms with E-state index < -0.39 is 0 Å². The van der Waals surface area contributed by atoms with Gasteiger partial charge in [-0.05, 0) is 24.7 Å². The van der Waals surface area contributed by atoms with Gasteiger partial charge in [0.15, 0.2) is 0 Å². The molecule has 0 heterocycles. The Kier molecular flexibility index (Phi) is 6.36. The fourth-order valence-corrected chi connectivity index (χ4v) is 1.85. The molecule has 1 rings (SSSR count). The predicted octanol–water partition coefficient (Wildman–Crippen LogP) is 2.03. The van der Waals surface area contributed by atoms with Gasteiger partial charge in [0.1, 0.15) is 0 Å². The first-order valence-electron chi connectivity index (χ1n) is 6.82. The van der Waals surface area contributed by atoms with Crippen molar-refractivity contribution in [2.24, 2.45) is 0 Å². The maximum atomic E-state index is 11.6. The van der Waals surface area contributed by atoms with E-state index in [0.717, 1.165) is 25.3 Å². The van der Waals surface area contributed by atoms with E-state index in [1.807, 2.05) is 18.2 Å². The Morgan fingerprint density at radius 2 is 1.79 bits per heavy atom. The molecule has 0 aromatic heterocycles. The summed E-state index contributed by atoms with van der Waals surface area (Å²) in [4.78, 5) is 15.6. The van der Waals surface area contributed by atoms with Gasteiger partial charge >= 0.3 is 0 Å². The molecule has 0 atom stereocenters. The molecule has 1 N–H and O–H groups in total. The lowest BCUT2D eigenvalue weighted by molar-refractivity contribution is -0.126. The van der Waals surface area contributed by atoms with Gasteiger partial charge in [-0.2, -0.15) is 0 Å². The molecule has 0 spiro atoms. The van der Waals surface area contributed by atoms with E-state index in [9.17, 15) is 4.79 Å². The van der Waals surface area contributed by atoms with Gasteiger partial charge in [0.05, 0.1) is 6.54 Å². The molecule has 1 aromatic carbocycles. The molecule has 106 valence electrons. The number of rotatable bonds is 7. The van der Waals surface area contributed by atoms with Crippen molar-refractivity contribution in [3.05, 3.63) is 29.8 Å². The van der Waals surface area contributed by atoms with Crippen molar-refractivity contribution < 1.29 is 4.79 Å². The molecule has 4 heteroatoms. The van der Waals surface area contributed by atoms with Gasteiger partial charge in [0, 0.05) is 26.3 Å². The standard InChI is InChI=1S/C15H25N3O/c1-5-18(6-2)12-13-9-7-8-10-14(13)16-11-15(19)17(3)4/h7-10,16H,5-6,11-12H2,1-4H3. The van der Waals surface area contributed by atoms with Crippen LogP contribution >= 0.6 is 0 Å². The Labute approximate surface area is 116 Å². The van der Waals surface area contributed by atoms with Gasteiger partial charge in [0.2, 0.25) is 5.91 Å². The number of nitrogens with one attached hydrogen (secondary N) is 1. The van der Waals surface area contributed by atoms with Gasteiger partial charge in [-0.3, -0.25) is 9.69 Å². The van der Waals surface area contributed by atoms with Gasteiger partial charge in [-0.25, -0.2) is 0 Å². The number of benzene rings is 1. The Morgan fingerprint density at radius 1 is 1.16 bits per heavy atom. The van der Waals surface area contributed by atoms with Crippen molar-refractivity contribution in [3.8, 4) is 0 Å². The second-order valence-corrected chi connectivity index (χ2v) is 4.76. The Morgan fingerprint density at radius 3 is 2.37 bits per heavy atom. The SMILES string of the molecule is CCN(CC)Cc1ccccc1NCC(=O)N(C)C. The van der Waals surface area contributed by atoms with Crippen LogP contribution in [0.3, 0.4) is 0 Å². The summed E-state index contributed by atoms with van der Waals surface area (Å²) in [6.07, 6.45) is 0. The third-order valence-corrected chi connectivity index (χ3v) is 3.23. The molecule has 0 aliphatic rings. The lowest BCUT2D eigenvalue weighted by Crippen LogP contribution is -2.29. The summed E-state index contributed by atoms with van der Waals surface area (Å²) in [5, 5.41) is 3.23. The minimum Gasteiger partial charge on any atom is -0.376 e. The zero-order valence-electron chi connectivity index (χ0n) is 12.4. The molecule has 0 radical (unpaired) electrons. The van der Waals surface area contributed by atoms with Gasteiger partial charge < -0.3 is 10.2 Å². The first-order chi connectivity index (χ1) is 9.08. The van der Waals surface area contributed by atoms with Crippen molar-refractivity contribution in [1.82, 2.24) is 9.80 Å². The van der Waals surface area contributed by atoms with E-state index in [0.29, 0.717) is 6.54 Å². The minimum absolute atomic E-state index is 0.0812. The smallest absolute Gasteiger partial charge is 0.241 e. The molecule has 0 unspecified atom stereocenters. The topological polar surface area (TPSA) is 35.6 Å². The van der Waals surface area contributed by atoms with Crippen molar-refractivity contribution in [1.29, 1.82) is 0 Å². The highest BCUT2D eigenvalue weighted by Crippen LogP contribution is 2.16. The average molecular weight is 263 g/mol. The Hall–Kier alpha value is -1.55. The van der Waals surface area contributed by atoms with Crippen LogP contribution in [0, 0.1) is 0 Å². The monoisotopic (exact) mass is 263 g/mol. The molecule has 19 heavy (non-hydrogen) atoms. The number of nitrogens with zero attached hydrogens (tertiary/aromatic N) is 2. The molecular weight excluding hydrogens is 238 g/mol. The fraction of sp³-hybridized carbons (Fsp3) is 0.533. The van der Waals surface area contributed by atoms with Crippen molar-refractivity contribution in [2.75, 3.05) is 39.0 Å². The molecule has 0 saturated carbocycles. The minimum atomic E-state index is 0.0812. The number of para-hydroxylation sites is 1. The molecule has 1 amide bonds. The number of anilines is 1. The third kappa shape index (κ3) is 4.91. The highest BCUT2D eigenvalue weighted by atomic mass is 16.2. The Bertz CT molecular complexity index is 400. The van der Waals surface area contributed by atoms with Crippen LogP contribution < -0.4 is 5.32 Å². The summed E-state index contributed by atoms with van der Waals surface area (Å²) in [6.45, 7) is 7.63. The quantitative estimate of drug-likeness (QED) is 0.817. The van der Waals surface area contributed by atoms with Crippen LogP contribution in [0.15, 0.2) is 24.3 Å². The zero-order valence-corrected chi connectivity index (χ0v) is 12.4. The average Bonchev–Trinajstić information content (AvgIpc) is 2.42. The largest absolute Gasteiger partial charge is 0.376 e. The molecule has 0 fully saturated rings. The number of carbonyl (C=O) groups is 1. The van der Waals surface area contributed by atoms with E-state index in [2.05, 4.69) is 30.1 Å². The molecule has 0 aliphatic heterocycles. The lowest BCUT2D eigenvalue weighted by Gasteiger charge is -2.21. The number of hydrogen-bond acceptors (Lipinski definition) is 3. The van der Waals surface area contributed by atoms with E-state index >= 15 is 0 Å².